The van der Waals surface area contributed by atoms with Gasteiger partial charge in [-0.2, -0.15) is 0 Å². The summed E-state index contributed by atoms with van der Waals surface area (Å²) < 4.78 is 27.4. The van der Waals surface area contributed by atoms with Gasteiger partial charge in [0.15, 0.2) is 0 Å². The summed E-state index contributed by atoms with van der Waals surface area (Å²) >= 11 is 1.49. The molecule has 0 radical (unpaired) electrons. The van der Waals surface area contributed by atoms with Gasteiger partial charge in [-0.1, -0.05) is 12.1 Å². The Morgan fingerprint density at radius 2 is 1.85 bits per heavy atom. The molecule has 3 N–H and O–H groups in total. The van der Waals surface area contributed by atoms with E-state index < -0.39 is 10.0 Å². The van der Waals surface area contributed by atoms with E-state index in [0.29, 0.717) is 11.4 Å². The fraction of sp³-hybridized carbons (Fsp3) is 0.143. The van der Waals surface area contributed by atoms with Gasteiger partial charge in [0.2, 0.25) is 0 Å². The van der Waals surface area contributed by atoms with Crippen molar-refractivity contribution in [3.63, 3.8) is 0 Å². The first kappa shape index (κ1) is 14.7. The van der Waals surface area contributed by atoms with Crippen LogP contribution in [0.3, 0.4) is 0 Å². The van der Waals surface area contributed by atoms with Gasteiger partial charge < -0.3 is 5.73 Å². The molecular weight excluding hydrogens is 292 g/mol. The second-order valence-corrected chi connectivity index (χ2v) is 6.85. The lowest BCUT2D eigenvalue weighted by atomic mass is 10.2. The molecule has 2 aromatic rings. The van der Waals surface area contributed by atoms with Crippen molar-refractivity contribution in [2.75, 3.05) is 16.7 Å². The highest BCUT2D eigenvalue weighted by Crippen LogP contribution is 2.27. The van der Waals surface area contributed by atoms with Crippen LogP contribution >= 0.6 is 11.8 Å². The van der Waals surface area contributed by atoms with Crippen molar-refractivity contribution >= 4 is 33.2 Å². The fourth-order valence-electron chi connectivity index (χ4n) is 1.75. The summed E-state index contributed by atoms with van der Waals surface area (Å²) in [6, 6.07) is 12.0. The molecule has 0 saturated heterocycles. The number of hydrogen-bond donors (Lipinski definition) is 2. The molecule has 2 rings (SSSR count). The average molecular weight is 308 g/mol. The lowest BCUT2D eigenvalue weighted by molar-refractivity contribution is 0.601. The molecule has 0 fully saturated rings. The maximum Gasteiger partial charge on any atom is 0.261 e. The summed E-state index contributed by atoms with van der Waals surface area (Å²) in [6.07, 6.45) is 1.90. The topological polar surface area (TPSA) is 72.2 Å². The second kappa shape index (κ2) is 5.76. The molecule has 0 unspecified atom stereocenters. The van der Waals surface area contributed by atoms with Crippen LogP contribution < -0.4 is 10.5 Å². The Labute approximate surface area is 123 Å². The first-order valence-electron chi connectivity index (χ1n) is 5.96. The third kappa shape index (κ3) is 3.08. The van der Waals surface area contributed by atoms with Crippen molar-refractivity contribution in [1.29, 1.82) is 0 Å². The van der Waals surface area contributed by atoms with Crippen LogP contribution in [0.1, 0.15) is 5.56 Å². The molecule has 0 spiro atoms. The molecule has 0 heterocycles. The van der Waals surface area contributed by atoms with E-state index in [9.17, 15) is 8.42 Å². The predicted molar refractivity (Wildman–Crippen MR) is 84.6 cm³/mol. The van der Waals surface area contributed by atoms with Crippen molar-refractivity contribution < 1.29 is 8.42 Å². The van der Waals surface area contributed by atoms with E-state index >= 15 is 0 Å². The number of nitrogens with one attached hydrogen (secondary N) is 1. The summed E-state index contributed by atoms with van der Waals surface area (Å²) in [4.78, 5) is 1.09. The molecule has 0 aliphatic heterocycles. The number of aryl methyl sites for hydroxylation is 1. The van der Waals surface area contributed by atoms with Crippen molar-refractivity contribution in [3.8, 4) is 0 Å². The molecule has 2 aromatic carbocycles. The Bertz CT molecular complexity index is 728. The Morgan fingerprint density at radius 3 is 2.50 bits per heavy atom. The minimum absolute atomic E-state index is 0.208. The van der Waals surface area contributed by atoms with Crippen molar-refractivity contribution in [1.82, 2.24) is 0 Å². The molecule has 106 valence electrons. The van der Waals surface area contributed by atoms with Crippen LogP contribution in [0.2, 0.25) is 0 Å². The number of anilines is 2. The maximum absolute atomic E-state index is 12.4. The monoisotopic (exact) mass is 308 g/mol. The van der Waals surface area contributed by atoms with Crippen molar-refractivity contribution in [3.05, 3.63) is 48.0 Å². The Kier molecular flexibility index (Phi) is 4.25. The Balaban J connectivity index is 2.38. The summed E-state index contributed by atoms with van der Waals surface area (Å²) in [5.74, 6) is 0. The Hall–Kier alpha value is -1.66. The summed E-state index contributed by atoms with van der Waals surface area (Å²) in [5.41, 5.74) is 7.61. The maximum atomic E-state index is 12.4. The normalized spacial score (nSPS) is 11.3. The summed E-state index contributed by atoms with van der Waals surface area (Å²) in [5, 5.41) is 0. The van der Waals surface area contributed by atoms with Gasteiger partial charge in [-0.15, -0.1) is 11.8 Å². The van der Waals surface area contributed by atoms with Gasteiger partial charge in [-0.05, 0) is 49.1 Å². The number of para-hydroxylation sites is 1. The number of nitrogens with two attached hydrogens (primary N) is 1. The van der Waals surface area contributed by atoms with Crippen molar-refractivity contribution in [2.24, 2.45) is 0 Å². The van der Waals surface area contributed by atoms with E-state index in [1.165, 1.54) is 17.8 Å². The third-order valence-electron chi connectivity index (χ3n) is 2.90. The predicted octanol–water partition coefficient (Wildman–Crippen LogP) is 3.10. The van der Waals surface area contributed by atoms with Gasteiger partial charge in [0.25, 0.3) is 10.0 Å². The van der Waals surface area contributed by atoms with Crippen LogP contribution in [0.4, 0.5) is 11.4 Å². The second-order valence-electron chi connectivity index (χ2n) is 4.32. The molecule has 0 saturated carbocycles. The molecule has 0 aliphatic carbocycles. The fourth-order valence-corrected chi connectivity index (χ4v) is 3.53. The van der Waals surface area contributed by atoms with E-state index in [4.69, 9.17) is 5.73 Å². The molecule has 4 nitrogen and oxygen atoms in total. The SMILES string of the molecule is CSc1ccccc1NS(=O)(=O)c1ccc(N)c(C)c1. The zero-order valence-corrected chi connectivity index (χ0v) is 12.9. The van der Waals surface area contributed by atoms with E-state index in [2.05, 4.69) is 4.72 Å². The molecule has 0 amide bonds. The van der Waals surface area contributed by atoms with Crippen LogP contribution in [0.15, 0.2) is 52.3 Å². The standard InChI is InChI=1S/C14H16N2O2S2/c1-10-9-11(7-8-12(10)15)20(17,18)16-13-5-3-4-6-14(13)19-2/h3-9,16H,15H2,1-2H3. The van der Waals surface area contributed by atoms with Crippen LogP contribution in [0.25, 0.3) is 0 Å². The number of hydrogen-bond acceptors (Lipinski definition) is 4. The number of rotatable bonds is 4. The van der Waals surface area contributed by atoms with E-state index in [0.717, 1.165) is 10.5 Å². The van der Waals surface area contributed by atoms with Crippen LogP contribution in [0, 0.1) is 6.92 Å². The molecule has 20 heavy (non-hydrogen) atoms. The molecule has 0 aromatic heterocycles. The third-order valence-corrected chi connectivity index (χ3v) is 5.06. The minimum atomic E-state index is -3.60. The number of sulfonamides is 1. The molecule has 6 heteroatoms. The first-order chi connectivity index (χ1) is 9.44. The lowest BCUT2D eigenvalue weighted by Gasteiger charge is -2.12. The van der Waals surface area contributed by atoms with Crippen molar-refractivity contribution in [2.45, 2.75) is 16.7 Å². The van der Waals surface area contributed by atoms with E-state index in [1.54, 1.807) is 31.2 Å². The van der Waals surface area contributed by atoms with Crippen LogP contribution in [0.5, 0.6) is 0 Å². The minimum Gasteiger partial charge on any atom is -0.399 e. The highest BCUT2D eigenvalue weighted by atomic mass is 32.2. The van der Waals surface area contributed by atoms with Crippen LogP contribution in [-0.2, 0) is 10.0 Å². The smallest absolute Gasteiger partial charge is 0.261 e. The van der Waals surface area contributed by atoms with E-state index in [1.807, 2.05) is 18.4 Å². The lowest BCUT2D eigenvalue weighted by Crippen LogP contribution is -2.13. The van der Waals surface area contributed by atoms with Gasteiger partial charge in [0.05, 0.1) is 10.6 Å². The highest BCUT2D eigenvalue weighted by Gasteiger charge is 2.16. The quantitative estimate of drug-likeness (QED) is 0.672. The van der Waals surface area contributed by atoms with Gasteiger partial charge in [-0.3, -0.25) is 4.72 Å². The zero-order valence-electron chi connectivity index (χ0n) is 11.3. The van der Waals surface area contributed by atoms with Gasteiger partial charge >= 0.3 is 0 Å². The summed E-state index contributed by atoms with van der Waals surface area (Å²) in [6.45, 7) is 1.78. The van der Waals surface area contributed by atoms with Crippen LogP contribution in [-0.4, -0.2) is 14.7 Å². The van der Waals surface area contributed by atoms with Gasteiger partial charge in [0.1, 0.15) is 0 Å². The first-order valence-corrected chi connectivity index (χ1v) is 8.67. The Morgan fingerprint density at radius 1 is 1.15 bits per heavy atom. The number of benzene rings is 2. The average Bonchev–Trinajstić information content (AvgIpc) is 2.42. The highest BCUT2D eigenvalue weighted by molar-refractivity contribution is 7.99. The molecular formula is C14H16N2O2S2. The van der Waals surface area contributed by atoms with Gasteiger partial charge in [0, 0.05) is 10.6 Å². The molecule has 0 atom stereocenters. The number of nitrogen functional groups attached to an aromatic ring is 1. The van der Waals surface area contributed by atoms with Gasteiger partial charge in [-0.25, -0.2) is 8.42 Å². The molecule has 0 aliphatic rings. The molecule has 0 bridgehead atoms. The largest absolute Gasteiger partial charge is 0.399 e. The number of thioether (sulfide) groups is 1. The summed E-state index contributed by atoms with van der Waals surface area (Å²) in [7, 11) is -3.60. The van der Waals surface area contributed by atoms with E-state index in [-0.39, 0.29) is 4.90 Å². The zero-order chi connectivity index (χ0) is 14.8.